The molecule has 0 N–H and O–H groups in total. The standard InChI is InChI=1S/C26H52O2Si2/c1-20(17-19-27-29(9,10)24(2,3)4)21-15-16-22-23(14-13-18-26(21,22)8)28-30(11,12)25(5,6)7/h21-23H,1,13-19H2,2-12H3/t21?,22?,23-,26+/m0/s1. The molecule has 0 radical (unpaired) electrons. The topological polar surface area (TPSA) is 18.5 Å². The molecular weight excluding hydrogens is 400 g/mol. The van der Waals surface area contributed by atoms with E-state index in [4.69, 9.17) is 8.85 Å². The van der Waals surface area contributed by atoms with Crippen LogP contribution in [0.2, 0.25) is 36.3 Å². The Bertz CT molecular complexity index is 612. The molecule has 0 amide bonds. The molecule has 2 rings (SSSR count). The molecule has 2 saturated carbocycles. The van der Waals surface area contributed by atoms with Gasteiger partial charge in [-0.15, -0.1) is 0 Å². The van der Waals surface area contributed by atoms with Crippen molar-refractivity contribution in [1.82, 2.24) is 0 Å². The lowest BCUT2D eigenvalue weighted by Gasteiger charge is -2.49. The lowest BCUT2D eigenvalue weighted by molar-refractivity contribution is -0.00403. The summed E-state index contributed by atoms with van der Waals surface area (Å²) in [6.45, 7) is 31.6. The molecule has 0 spiro atoms. The van der Waals surface area contributed by atoms with E-state index in [0.717, 1.165) is 13.0 Å². The predicted molar refractivity (Wildman–Crippen MR) is 137 cm³/mol. The molecule has 2 unspecified atom stereocenters. The van der Waals surface area contributed by atoms with E-state index < -0.39 is 16.6 Å². The Morgan fingerprint density at radius 1 is 0.933 bits per heavy atom. The van der Waals surface area contributed by atoms with Crippen molar-refractivity contribution in [3.63, 3.8) is 0 Å². The van der Waals surface area contributed by atoms with Crippen LogP contribution in [0.4, 0.5) is 0 Å². The van der Waals surface area contributed by atoms with Crippen LogP contribution in [0.5, 0.6) is 0 Å². The molecule has 2 nitrogen and oxygen atoms in total. The zero-order chi connectivity index (χ0) is 23.2. The van der Waals surface area contributed by atoms with Gasteiger partial charge in [0.15, 0.2) is 16.6 Å². The summed E-state index contributed by atoms with van der Waals surface area (Å²) in [5.74, 6) is 1.33. The summed E-state index contributed by atoms with van der Waals surface area (Å²) in [5.41, 5.74) is 1.80. The van der Waals surface area contributed by atoms with Gasteiger partial charge in [0.05, 0.1) is 0 Å². The van der Waals surface area contributed by atoms with Gasteiger partial charge in [-0.05, 0) is 85.6 Å². The minimum absolute atomic E-state index is 0.274. The van der Waals surface area contributed by atoms with Gasteiger partial charge < -0.3 is 8.85 Å². The van der Waals surface area contributed by atoms with Gasteiger partial charge in [-0.3, -0.25) is 0 Å². The summed E-state index contributed by atoms with van der Waals surface area (Å²) in [7, 11) is -3.41. The zero-order valence-corrected chi connectivity index (χ0v) is 24.2. The van der Waals surface area contributed by atoms with Crippen molar-refractivity contribution in [2.75, 3.05) is 6.61 Å². The van der Waals surface area contributed by atoms with Crippen LogP contribution >= 0.6 is 0 Å². The maximum absolute atomic E-state index is 7.00. The summed E-state index contributed by atoms with van der Waals surface area (Å²) in [6.07, 6.45) is 7.96. The van der Waals surface area contributed by atoms with Crippen molar-refractivity contribution in [3.8, 4) is 0 Å². The highest BCUT2D eigenvalue weighted by Gasteiger charge is 2.53. The molecule has 4 heteroatoms. The minimum Gasteiger partial charge on any atom is -0.417 e. The largest absolute Gasteiger partial charge is 0.417 e. The lowest BCUT2D eigenvalue weighted by Crippen LogP contribution is -2.50. The van der Waals surface area contributed by atoms with Crippen LogP contribution in [0.1, 0.15) is 87.0 Å². The molecular formula is C26H52O2Si2. The van der Waals surface area contributed by atoms with Crippen molar-refractivity contribution in [2.24, 2.45) is 17.3 Å². The van der Waals surface area contributed by atoms with E-state index in [2.05, 4.69) is 81.2 Å². The summed E-state index contributed by atoms with van der Waals surface area (Å²) in [5, 5.41) is 0.556. The number of fused-ring (bicyclic) bond motifs is 1. The molecule has 2 aliphatic rings. The van der Waals surface area contributed by atoms with Crippen molar-refractivity contribution < 1.29 is 8.85 Å². The van der Waals surface area contributed by atoms with E-state index in [1.165, 1.54) is 37.7 Å². The van der Waals surface area contributed by atoms with Crippen LogP contribution in [0.25, 0.3) is 0 Å². The van der Waals surface area contributed by atoms with Gasteiger partial charge in [0.25, 0.3) is 0 Å². The summed E-state index contributed by atoms with van der Waals surface area (Å²) in [4.78, 5) is 0. The summed E-state index contributed by atoms with van der Waals surface area (Å²) >= 11 is 0. The third-order valence-corrected chi connectivity index (χ3v) is 18.5. The first-order valence-corrected chi connectivity index (χ1v) is 18.2. The Kier molecular flexibility index (Phi) is 7.72. The van der Waals surface area contributed by atoms with Gasteiger partial charge in [-0.25, -0.2) is 0 Å². The number of rotatable bonds is 7. The van der Waals surface area contributed by atoms with Crippen molar-refractivity contribution in [3.05, 3.63) is 12.2 Å². The normalized spacial score (nSPS) is 31.0. The first-order chi connectivity index (χ1) is 13.4. The van der Waals surface area contributed by atoms with Gasteiger partial charge in [0.2, 0.25) is 0 Å². The Morgan fingerprint density at radius 3 is 2.03 bits per heavy atom. The first kappa shape index (κ1) is 26.3. The van der Waals surface area contributed by atoms with Crippen LogP contribution in [-0.4, -0.2) is 29.3 Å². The van der Waals surface area contributed by atoms with Crippen LogP contribution in [0, 0.1) is 17.3 Å². The Morgan fingerprint density at radius 2 is 1.50 bits per heavy atom. The van der Waals surface area contributed by atoms with E-state index in [1.54, 1.807) is 0 Å². The van der Waals surface area contributed by atoms with Gasteiger partial charge in [0.1, 0.15) is 0 Å². The average Bonchev–Trinajstić information content (AvgIpc) is 2.90. The fourth-order valence-corrected chi connectivity index (χ4v) is 7.75. The third-order valence-electron chi connectivity index (χ3n) is 9.50. The molecule has 0 heterocycles. The molecule has 176 valence electrons. The van der Waals surface area contributed by atoms with Gasteiger partial charge in [-0.1, -0.05) is 67.0 Å². The van der Waals surface area contributed by atoms with Crippen molar-refractivity contribution in [1.29, 1.82) is 0 Å². The summed E-state index contributed by atoms with van der Waals surface area (Å²) in [6, 6.07) is 0. The molecule has 2 fully saturated rings. The van der Waals surface area contributed by atoms with Crippen LogP contribution in [-0.2, 0) is 8.85 Å². The third kappa shape index (κ3) is 5.35. The molecule has 4 atom stereocenters. The quantitative estimate of drug-likeness (QED) is 0.284. The Labute approximate surface area is 190 Å². The first-order valence-electron chi connectivity index (χ1n) is 12.4. The van der Waals surface area contributed by atoms with Crippen molar-refractivity contribution in [2.45, 2.75) is 129 Å². The van der Waals surface area contributed by atoms with E-state index in [9.17, 15) is 0 Å². The minimum atomic E-state index is -1.73. The molecule has 0 aromatic carbocycles. The smallest absolute Gasteiger partial charge is 0.192 e. The van der Waals surface area contributed by atoms with Crippen LogP contribution < -0.4 is 0 Å². The highest BCUT2D eigenvalue weighted by molar-refractivity contribution is 6.74. The average molecular weight is 453 g/mol. The second-order valence-corrected chi connectivity index (χ2v) is 23.1. The number of hydrogen-bond donors (Lipinski definition) is 0. The fraction of sp³-hybridized carbons (Fsp3) is 0.923. The predicted octanol–water partition coefficient (Wildman–Crippen LogP) is 8.56. The Hall–Kier alpha value is 0.0938. The monoisotopic (exact) mass is 452 g/mol. The molecule has 0 aromatic heterocycles. The van der Waals surface area contributed by atoms with Gasteiger partial charge >= 0.3 is 0 Å². The Balaban J connectivity index is 2.03. The zero-order valence-electron chi connectivity index (χ0n) is 22.2. The van der Waals surface area contributed by atoms with E-state index >= 15 is 0 Å². The molecule has 2 aliphatic carbocycles. The van der Waals surface area contributed by atoms with Crippen molar-refractivity contribution >= 4 is 16.6 Å². The molecule has 0 aliphatic heterocycles. The van der Waals surface area contributed by atoms with Gasteiger partial charge in [0, 0.05) is 12.7 Å². The second-order valence-electron chi connectivity index (χ2n) is 13.6. The SMILES string of the molecule is C=C(CCO[Si](C)(C)C(C)(C)C)C1CCC2[C@@H](O[Si](C)(C)C(C)(C)C)CCC[C@]12C. The highest BCUT2D eigenvalue weighted by Crippen LogP contribution is 2.59. The second kappa shape index (κ2) is 8.80. The van der Waals surface area contributed by atoms with Gasteiger partial charge in [-0.2, -0.15) is 0 Å². The molecule has 0 bridgehead atoms. The molecule has 0 saturated heterocycles. The maximum Gasteiger partial charge on any atom is 0.192 e. The fourth-order valence-electron chi connectivity index (χ4n) is 5.31. The van der Waals surface area contributed by atoms with E-state index in [-0.39, 0.29) is 10.1 Å². The summed E-state index contributed by atoms with van der Waals surface area (Å²) < 4.78 is 13.5. The van der Waals surface area contributed by atoms with Crippen LogP contribution in [0.3, 0.4) is 0 Å². The van der Waals surface area contributed by atoms with Crippen LogP contribution in [0.15, 0.2) is 12.2 Å². The van der Waals surface area contributed by atoms with E-state index in [1.807, 2.05) is 0 Å². The lowest BCUT2D eigenvalue weighted by atomic mass is 9.63. The maximum atomic E-state index is 7.00. The highest BCUT2D eigenvalue weighted by atomic mass is 28.4. The molecule has 0 aromatic rings. The number of hydrogen-bond acceptors (Lipinski definition) is 2. The molecule has 30 heavy (non-hydrogen) atoms. The van der Waals surface area contributed by atoms with E-state index in [0.29, 0.717) is 23.4 Å².